The number of alkyl halides is 3. The summed E-state index contributed by atoms with van der Waals surface area (Å²) in [7, 11) is 6.19. The van der Waals surface area contributed by atoms with Gasteiger partial charge in [0.15, 0.2) is 0 Å². The predicted octanol–water partition coefficient (Wildman–Crippen LogP) is 12.7. The van der Waals surface area contributed by atoms with Gasteiger partial charge in [0, 0.05) is 37.1 Å². The molecule has 7 aromatic rings. The fraction of sp³-hybridized carbons (Fsp3) is 0.295. The number of nitrogens with zero attached hydrogens (tertiary/aromatic N) is 1. The molecule has 0 bridgehead atoms. The van der Waals surface area contributed by atoms with Gasteiger partial charge in [-0.25, -0.2) is 4.79 Å². The monoisotopic (exact) mass is 951 g/mol. The normalized spacial score (nSPS) is 12.2. The Labute approximate surface area is 416 Å². The summed E-state index contributed by atoms with van der Waals surface area (Å²) >= 11 is 0. The van der Waals surface area contributed by atoms with Crippen molar-refractivity contribution in [2.75, 3.05) is 40.8 Å². The van der Waals surface area contributed by atoms with Crippen molar-refractivity contribution in [3.05, 3.63) is 251 Å². The van der Waals surface area contributed by atoms with Gasteiger partial charge < -0.3 is 20.7 Å². The van der Waals surface area contributed by atoms with Crippen LogP contribution in [0, 0.1) is 0 Å². The van der Waals surface area contributed by atoms with Crippen LogP contribution >= 0.6 is 0 Å². The Kier molecular flexibility index (Phi) is 25.5. The average Bonchev–Trinajstić information content (AvgIpc) is 3.39. The molecule has 7 aromatic carbocycles. The third kappa shape index (κ3) is 21.5. The number of rotatable bonds is 19. The maximum atomic E-state index is 12.7. The van der Waals surface area contributed by atoms with E-state index in [0.717, 1.165) is 38.1 Å². The number of carbonyl (C=O) groups excluding carboxylic acids is 1. The number of nitrogens with one attached hydrogen (secondary N) is 3. The second-order valence-electron chi connectivity index (χ2n) is 17.4. The zero-order valence-corrected chi connectivity index (χ0v) is 41.8. The topological polar surface area (TPSA) is 65.6 Å². The number of esters is 1. The fourth-order valence-corrected chi connectivity index (χ4v) is 7.72. The first-order chi connectivity index (χ1) is 33.9. The first-order valence-corrected chi connectivity index (χ1v) is 24.2. The van der Waals surface area contributed by atoms with Crippen LogP contribution in [0.5, 0.6) is 0 Å². The molecule has 9 heteroatoms. The SMILES string of the molecule is CC(Cc1cccc(C(F)(F)F)c1)NCCOC(=O)c1ccccc1.CNC(C)C(c1ccccc1)c1ccccc1.CNCCc1ccccc1.C[C@@H](Cc1ccccc1)N(C)Cc1ccccc1. The van der Waals surface area contributed by atoms with Crippen LogP contribution in [0.25, 0.3) is 0 Å². The van der Waals surface area contributed by atoms with E-state index in [1.807, 2.05) is 33.2 Å². The van der Waals surface area contributed by atoms with Crippen LogP contribution in [0.15, 0.2) is 206 Å². The molecule has 0 aliphatic rings. The average molecular weight is 951 g/mol. The number of hydrogen-bond acceptors (Lipinski definition) is 6. The Hall–Kier alpha value is -6.36. The van der Waals surface area contributed by atoms with E-state index in [1.165, 1.54) is 33.9 Å². The Morgan fingerprint density at radius 1 is 0.571 bits per heavy atom. The molecular weight excluding hydrogens is 878 g/mol. The fourth-order valence-electron chi connectivity index (χ4n) is 7.72. The highest BCUT2D eigenvalue weighted by molar-refractivity contribution is 5.89. The minimum absolute atomic E-state index is 0.0427. The molecule has 0 heterocycles. The quantitative estimate of drug-likeness (QED) is 0.0554. The van der Waals surface area contributed by atoms with Crippen molar-refractivity contribution in [1.29, 1.82) is 0 Å². The summed E-state index contributed by atoms with van der Waals surface area (Å²) in [6, 6.07) is 68.1. The van der Waals surface area contributed by atoms with Crippen molar-refractivity contribution >= 4 is 5.97 Å². The van der Waals surface area contributed by atoms with Gasteiger partial charge in [0.1, 0.15) is 6.61 Å². The molecule has 0 saturated heterocycles. The maximum absolute atomic E-state index is 12.7. The number of hydrogen-bond donors (Lipinski definition) is 3. The molecule has 3 N–H and O–H groups in total. The van der Waals surface area contributed by atoms with Crippen LogP contribution in [0.4, 0.5) is 13.2 Å². The third-order valence-electron chi connectivity index (χ3n) is 11.8. The standard InChI is InChI=1S/C19H20F3NO2.C17H21N.C16H19N.C9H13N/c1-14(12-15-6-5-9-17(13-15)19(20,21)22)23-10-11-25-18(24)16-7-3-2-4-8-16;1-15(13-16-9-5-3-6-10-16)18(2)14-17-11-7-4-8-12-17;1-13(17-2)16(14-9-5-3-6-10-14)15-11-7-4-8-12-15;1-10-8-7-9-5-3-2-4-6-9/h2-9,13-14,23H,10-12H2,1H3;3-12,15H,13-14H2,1-2H3;3-13,16-17H,1-2H3;2-6,10H,7-8H2,1H3/t;15-;;/m.0../s1. The van der Waals surface area contributed by atoms with Crippen molar-refractivity contribution in [2.45, 2.75) is 76.8 Å². The van der Waals surface area contributed by atoms with E-state index in [1.54, 1.807) is 30.3 Å². The molecule has 0 saturated carbocycles. The van der Waals surface area contributed by atoms with Gasteiger partial charge in [-0.2, -0.15) is 13.2 Å². The van der Waals surface area contributed by atoms with Crippen LogP contribution in [0.1, 0.15) is 76.0 Å². The number of ether oxygens (including phenoxy) is 1. The molecular formula is C61H73F3N4O2. The highest BCUT2D eigenvalue weighted by atomic mass is 19.4. The molecule has 7 rings (SSSR count). The van der Waals surface area contributed by atoms with Crippen molar-refractivity contribution in [3.63, 3.8) is 0 Å². The van der Waals surface area contributed by atoms with E-state index in [2.05, 4.69) is 187 Å². The summed E-state index contributed by atoms with van der Waals surface area (Å²) in [6.45, 7) is 9.08. The number of benzene rings is 7. The summed E-state index contributed by atoms with van der Waals surface area (Å²) in [5.74, 6) is 0.00957. The van der Waals surface area contributed by atoms with Crippen LogP contribution in [-0.2, 0) is 36.7 Å². The van der Waals surface area contributed by atoms with Gasteiger partial charge in [-0.3, -0.25) is 4.90 Å². The lowest BCUT2D eigenvalue weighted by Gasteiger charge is -2.24. The van der Waals surface area contributed by atoms with E-state index in [4.69, 9.17) is 4.74 Å². The summed E-state index contributed by atoms with van der Waals surface area (Å²) in [5.41, 5.74) is 7.35. The Balaban J connectivity index is 0.000000212. The lowest BCUT2D eigenvalue weighted by atomic mass is 9.86. The third-order valence-corrected chi connectivity index (χ3v) is 11.8. The van der Waals surface area contributed by atoms with E-state index >= 15 is 0 Å². The summed E-state index contributed by atoms with van der Waals surface area (Å²) in [5, 5.41) is 9.62. The van der Waals surface area contributed by atoms with E-state index in [0.29, 0.717) is 42.1 Å². The van der Waals surface area contributed by atoms with Gasteiger partial charge in [0.25, 0.3) is 0 Å². The smallest absolute Gasteiger partial charge is 0.416 e. The number of likely N-dealkylation sites (N-methyl/N-ethyl adjacent to an activating group) is 3. The zero-order valence-electron chi connectivity index (χ0n) is 41.8. The zero-order chi connectivity index (χ0) is 50.4. The Bertz CT molecular complexity index is 2330. The van der Waals surface area contributed by atoms with Crippen molar-refractivity contribution < 1.29 is 22.7 Å². The van der Waals surface area contributed by atoms with Crippen LogP contribution in [0.2, 0.25) is 0 Å². The predicted molar refractivity (Wildman–Crippen MR) is 284 cm³/mol. The van der Waals surface area contributed by atoms with E-state index in [-0.39, 0.29) is 12.6 Å². The van der Waals surface area contributed by atoms with Gasteiger partial charge in [-0.1, -0.05) is 188 Å². The summed E-state index contributed by atoms with van der Waals surface area (Å²) in [6.07, 6.45) is -1.66. The minimum Gasteiger partial charge on any atom is -0.461 e. The van der Waals surface area contributed by atoms with E-state index in [9.17, 15) is 18.0 Å². The van der Waals surface area contributed by atoms with Gasteiger partial charge in [0.05, 0.1) is 11.1 Å². The highest BCUT2D eigenvalue weighted by Crippen LogP contribution is 2.30. The van der Waals surface area contributed by atoms with Gasteiger partial charge >= 0.3 is 12.1 Å². The molecule has 0 spiro atoms. The van der Waals surface area contributed by atoms with Gasteiger partial charge in [-0.05, 0) is 119 Å². The van der Waals surface area contributed by atoms with Gasteiger partial charge in [-0.15, -0.1) is 0 Å². The second kappa shape index (κ2) is 31.7. The molecule has 0 amide bonds. The minimum atomic E-state index is -4.34. The van der Waals surface area contributed by atoms with E-state index < -0.39 is 17.7 Å². The van der Waals surface area contributed by atoms with Crippen LogP contribution in [-0.4, -0.2) is 69.8 Å². The summed E-state index contributed by atoms with van der Waals surface area (Å²) < 4.78 is 43.3. The molecule has 0 fully saturated rings. The maximum Gasteiger partial charge on any atom is 0.416 e. The van der Waals surface area contributed by atoms with Crippen LogP contribution < -0.4 is 16.0 Å². The lowest BCUT2D eigenvalue weighted by Crippen LogP contribution is -2.31. The molecule has 2 unspecified atom stereocenters. The largest absolute Gasteiger partial charge is 0.461 e. The first-order valence-electron chi connectivity index (χ1n) is 24.2. The van der Waals surface area contributed by atoms with Crippen LogP contribution in [0.3, 0.4) is 0 Å². The first kappa shape index (κ1) is 56.2. The van der Waals surface area contributed by atoms with Crippen molar-refractivity contribution in [1.82, 2.24) is 20.9 Å². The molecule has 6 nitrogen and oxygen atoms in total. The van der Waals surface area contributed by atoms with Gasteiger partial charge in [0.2, 0.25) is 0 Å². The number of carbonyl (C=O) groups is 1. The van der Waals surface area contributed by atoms with Crippen molar-refractivity contribution in [2.24, 2.45) is 0 Å². The molecule has 0 aromatic heterocycles. The molecule has 70 heavy (non-hydrogen) atoms. The summed E-state index contributed by atoms with van der Waals surface area (Å²) in [4.78, 5) is 14.2. The molecule has 3 atom stereocenters. The molecule has 0 aliphatic heterocycles. The molecule has 370 valence electrons. The second-order valence-corrected chi connectivity index (χ2v) is 17.4. The molecule has 0 radical (unpaired) electrons. The number of halogens is 3. The Morgan fingerprint density at radius 2 is 1.04 bits per heavy atom. The lowest BCUT2D eigenvalue weighted by molar-refractivity contribution is -0.137. The highest BCUT2D eigenvalue weighted by Gasteiger charge is 2.30. The molecule has 0 aliphatic carbocycles. The Morgan fingerprint density at radius 3 is 1.54 bits per heavy atom. The van der Waals surface area contributed by atoms with Crippen molar-refractivity contribution in [3.8, 4) is 0 Å².